The van der Waals surface area contributed by atoms with Crippen LogP contribution in [-0.2, 0) is 10.8 Å². The number of phenolic OH excluding ortho intramolecular Hbond substituents is 2. The smallest absolute Gasteiger partial charge is 0.119 e. The van der Waals surface area contributed by atoms with E-state index in [1.54, 1.807) is 26.4 Å². The Balaban J connectivity index is 0.000000132. The third-order valence-electron chi connectivity index (χ3n) is 19.6. The maximum absolute atomic E-state index is 10.4. The molecular formula is C80H56O4. The van der Waals surface area contributed by atoms with Crippen LogP contribution in [0.15, 0.2) is 218 Å². The van der Waals surface area contributed by atoms with E-state index in [0.29, 0.717) is 0 Å². The van der Waals surface area contributed by atoms with Crippen molar-refractivity contribution in [1.82, 2.24) is 0 Å². The van der Waals surface area contributed by atoms with Crippen molar-refractivity contribution in [3.8, 4) is 45.3 Å². The molecule has 0 fully saturated rings. The number of ether oxygens (including phenoxy) is 2. The van der Waals surface area contributed by atoms with Gasteiger partial charge in [-0.25, -0.2) is 0 Å². The van der Waals surface area contributed by atoms with Crippen LogP contribution in [-0.4, -0.2) is 24.4 Å². The van der Waals surface area contributed by atoms with Crippen LogP contribution in [0, 0.1) is 0 Å². The highest BCUT2D eigenvalue weighted by Crippen LogP contribution is 2.56. The van der Waals surface area contributed by atoms with Gasteiger partial charge in [-0.15, -0.1) is 0 Å². The zero-order valence-electron chi connectivity index (χ0n) is 47.5. The minimum atomic E-state index is -0.198. The molecule has 2 aliphatic carbocycles. The van der Waals surface area contributed by atoms with Crippen LogP contribution >= 0.6 is 0 Å². The number of phenols is 2. The van der Waals surface area contributed by atoms with Crippen molar-refractivity contribution in [3.05, 3.63) is 241 Å². The molecule has 2 aliphatic rings. The van der Waals surface area contributed by atoms with E-state index < -0.39 is 0 Å². The van der Waals surface area contributed by atoms with Gasteiger partial charge in [-0.3, -0.25) is 0 Å². The second kappa shape index (κ2) is 17.2. The van der Waals surface area contributed by atoms with E-state index in [1.165, 1.54) is 141 Å². The van der Waals surface area contributed by atoms with Crippen LogP contribution < -0.4 is 9.47 Å². The number of fused-ring (bicyclic) bond motifs is 30. The van der Waals surface area contributed by atoms with Gasteiger partial charge in [0.2, 0.25) is 0 Å². The predicted molar refractivity (Wildman–Crippen MR) is 355 cm³/mol. The van der Waals surface area contributed by atoms with E-state index >= 15 is 0 Å². The summed E-state index contributed by atoms with van der Waals surface area (Å²) in [7, 11) is 3.48. The first-order chi connectivity index (χ1) is 40.9. The first-order valence-corrected chi connectivity index (χ1v) is 29.1. The molecule has 0 heterocycles. The highest BCUT2D eigenvalue weighted by molar-refractivity contribution is 6.31. The molecule has 0 spiro atoms. The van der Waals surface area contributed by atoms with E-state index in [0.717, 1.165) is 43.8 Å². The summed E-state index contributed by atoms with van der Waals surface area (Å²) >= 11 is 0. The zero-order chi connectivity index (χ0) is 56.7. The van der Waals surface area contributed by atoms with Crippen LogP contribution in [0.25, 0.3) is 152 Å². The Hall–Kier alpha value is -10.2. The molecule has 0 saturated carbocycles. The summed E-state index contributed by atoms with van der Waals surface area (Å²) in [6.07, 6.45) is 0. The maximum atomic E-state index is 10.4. The molecule has 400 valence electrons. The summed E-state index contributed by atoms with van der Waals surface area (Å²) in [5.41, 5.74) is 10.3. The minimum Gasteiger partial charge on any atom is -0.508 e. The van der Waals surface area contributed by atoms with Gasteiger partial charge in [0.1, 0.15) is 23.0 Å². The van der Waals surface area contributed by atoms with Crippen LogP contribution in [0.5, 0.6) is 23.0 Å². The molecule has 2 N–H and O–H groups in total. The van der Waals surface area contributed by atoms with Gasteiger partial charge in [0.25, 0.3) is 0 Å². The number of aromatic hydroxyl groups is 2. The molecule has 4 nitrogen and oxygen atoms in total. The summed E-state index contributed by atoms with van der Waals surface area (Å²) in [5, 5.41) is 50.1. The van der Waals surface area contributed by atoms with E-state index in [2.05, 4.69) is 222 Å². The minimum absolute atomic E-state index is 0.151. The quantitative estimate of drug-likeness (QED) is 0.169. The predicted octanol–water partition coefficient (Wildman–Crippen LogP) is 21.3. The van der Waals surface area contributed by atoms with Gasteiger partial charge in [0.05, 0.1) is 14.2 Å². The molecule has 0 saturated heterocycles. The molecule has 0 aromatic heterocycles. The van der Waals surface area contributed by atoms with E-state index in [9.17, 15) is 10.2 Å². The lowest BCUT2D eigenvalue weighted by atomic mass is 9.80. The van der Waals surface area contributed by atoms with Gasteiger partial charge in [-0.1, -0.05) is 149 Å². The van der Waals surface area contributed by atoms with Crippen LogP contribution in [0.4, 0.5) is 0 Å². The summed E-state index contributed by atoms with van der Waals surface area (Å²) in [6, 6.07) is 78.6. The molecule has 0 unspecified atom stereocenters. The molecule has 16 aromatic carbocycles. The van der Waals surface area contributed by atoms with Crippen molar-refractivity contribution in [2.45, 2.75) is 38.5 Å². The standard InChI is InChI=1S/C41H30O2.C39H26O2/c1-41(2)39-21-35-29-15-13-23(42-3)17-31(29)25-9-5-7-11-27(25)33(35)19-37(39)38-20-34-28-12-8-6-10-26(28)32-18-24(43-4)14-16-30(32)36(34)22-40(38)41;1-39(2)37-19-33-27-13-11-21(40)15-29(27)23-7-3-5-9-25(23)31(33)17-35(37)36-18-32-26-10-6-4-8-24(26)30-16-22(41)12-14-28(30)34(32)20-38(36)39/h5-22H,1-4H3;3-20,40-41H,1-2H3. The number of benzene rings is 16. The fourth-order valence-electron chi connectivity index (χ4n) is 15.4. The molecule has 4 heteroatoms. The molecular weight excluding hydrogens is 1020 g/mol. The van der Waals surface area contributed by atoms with Crippen molar-refractivity contribution in [1.29, 1.82) is 0 Å². The van der Waals surface area contributed by atoms with Gasteiger partial charge in [0.15, 0.2) is 0 Å². The Morgan fingerprint density at radius 2 is 0.429 bits per heavy atom. The van der Waals surface area contributed by atoms with Gasteiger partial charge < -0.3 is 19.7 Å². The second-order valence-corrected chi connectivity index (χ2v) is 24.5. The van der Waals surface area contributed by atoms with Crippen molar-refractivity contribution in [3.63, 3.8) is 0 Å². The Bertz CT molecular complexity index is 5320. The molecule has 16 aromatic rings. The van der Waals surface area contributed by atoms with Gasteiger partial charge in [-0.2, -0.15) is 0 Å². The maximum Gasteiger partial charge on any atom is 0.119 e. The van der Waals surface area contributed by atoms with E-state index in [-0.39, 0.29) is 22.3 Å². The Labute approximate surface area is 485 Å². The topological polar surface area (TPSA) is 58.9 Å². The van der Waals surface area contributed by atoms with Crippen molar-refractivity contribution in [2.24, 2.45) is 0 Å². The number of rotatable bonds is 2. The summed E-state index contributed by atoms with van der Waals surface area (Å²) < 4.78 is 11.3. The summed E-state index contributed by atoms with van der Waals surface area (Å²) in [4.78, 5) is 0. The lowest BCUT2D eigenvalue weighted by Crippen LogP contribution is -2.15. The van der Waals surface area contributed by atoms with Gasteiger partial charge in [-0.05, 0) is 271 Å². The SMILES string of the molecule is CC1(C)c2cc3c4ccc(O)cc4c4ccccc4c3cc2-c2cc3c4ccccc4c4cc(O)ccc4c3cc21.COc1ccc2c(c1)c1ccccc1c1cc3c(cc21)C(C)(C)c1cc2c4ccc(OC)cc4c4ccccc4c2cc1-3. The Kier molecular flexibility index (Phi) is 9.94. The van der Waals surface area contributed by atoms with Crippen LogP contribution in [0.3, 0.4) is 0 Å². The van der Waals surface area contributed by atoms with Gasteiger partial charge in [0, 0.05) is 10.8 Å². The lowest BCUT2D eigenvalue weighted by molar-refractivity contribution is 0.415. The highest BCUT2D eigenvalue weighted by Gasteiger charge is 2.39. The van der Waals surface area contributed by atoms with E-state index in [1.807, 2.05) is 12.1 Å². The van der Waals surface area contributed by atoms with Crippen molar-refractivity contribution in [2.75, 3.05) is 14.2 Å². The third kappa shape index (κ3) is 6.59. The zero-order valence-corrected chi connectivity index (χ0v) is 47.5. The summed E-state index contributed by atoms with van der Waals surface area (Å²) in [5.74, 6) is 2.34. The van der Waals surface area contributed by atoms with Crippen LogP contribution in [0.2, 0.25) is 0 Å². The first kappa shape index (κ1) is 48.5. The molecule has 0 bridgehead atoms. The first-order valence-electron chi connectivity index (χ1n) is 29.1. The molecule has 18 rings (SSSR count). The Morgan fingerprint density at radius 1 is 0.226 bits per heavy atom. The molecule has 0 aliphatic heterocycles. The Morgan fingerprint density at radius 3 is 0.679 bits per heavy atom. The monoisotopic (exact) mass is 1080 g/mol. The average molecular weight is 1080 g/mol. The fourth-order valence-corrected chi connectivity index (χ4v) is 15.4. The fraction of sp³-hybridized carbons (Fsp3) is 0.100. The normalized spacial score (nSPS) is 13.9. The van der Waals surface area contributed by atoms with E-state index in [4.69, 9.17) is 9.47 Å². The van der Waals surface area contributed by atoms with Crippen molar-refractivity contribution >= 4 is 129 Å². The molecule has 0 atom stereocenters. The average Bonchev–Trinajstić information content (AvgIpc) is 1.65. The second-order valence-electron chi connectivity index (χ2n) is 24.5. The molecule has 84 heavy (non-hydrogen) atoms. The van der Waals surface area contributed by atoms with Crippen molar-refractivity contribution < 1.29 is 19.7 Å². The lowest BCUT2D eigenvalue weighted by Gasteiger charge is -2.23. The third-order valence-corrected chi connectivity index (χ3v) is 19.6. The molecule has 0 amide bonds. The number of hydrogen-bond acceptors (Lipinski definition) is 4. The van der Waals surface area contributed by atoms with Gasteiger partial charge >= 0.3 is 0 Å². The molecule has 0 radical (unpaired) electrons. The summed E-state index contributed by atoms with van der Waals surface area (Å²) in [6.45, 7) is 9.43. The number of hydrogen-bond donors (Lipinski definition) is 2. The van der Waals surface area contributed by atoms with Crippen LogP contribution in [0.1, 0.15) is 49.9 Å². The largest absolute Gasteiger partial charge is 0.508 e. The highest BCUT2D eigenvalue weighted by atomic mass is 16.5. The number of methoxy groups -OCH3 is 2.